The average Bonchev–Trinajstić information content (AvgIpc) is 3.62. The molecular formula is C35H34F2N4O6S. The molecule has 0 spiro atoms. The van der Waals surface area contributed by atoms with Crippen molar-refractivity contribution in [3.05, 3.63) is 83.7 Å². The normalized spacial score (nSPS) is 21.5. The Morgan fingerprint density at radius 2 is 1.92 bits per heavy atom. The number of rotatable bonds is 6. The molecule has 10 nitrogen and oxygen atoms in total. The fourth-order valence-electron chi connectivity index (χ4n) is 6.62. The topological polar surface area (TPSA) is 123 Å². The first-order chi connectivity index (χ1) is 22.7. The number of carbonyl (C=O) groups is 1. The van der Waals surface area contributed by atoms with Gasteiger partial charge in [0.1, 0.15) is 46.8 Å². The largest absolute Gasteiger partial charge is 0.484 e. The highest BCUT2D eigenvalue weighted by molar-refractivity contribution is 7.92. The number of alkyl halides is 1. The molecule has 0 radical (unpaired) electrons. The SMILES string of the molecule is CNC(=O)C1c2cc(-c3ccc4c(n3)-c3cc5c(F)cccc5n3C(C(C)(C)O)O4)c(N(C)S(C)(=O)=O)cc2OC1C1=CCC(F)C=C1. The van der Waals surface area contributed by atoms with Crippen molar-refractivity contribution in [1.82, 2.24) is 14.9 Å². The highest BCUT2D eigenvalue weighted by Gasteiger charge is 2.43. The molecule has 4 aromatic rings. The van der Waals surface area contributed by atoms with Crippen molar-refractivity contribution in [3.8, 4) is 34.1 Å². The summed E-state index contributed by atoms with van der Waals surface area (Å²) >= 11 is 0. The molecule has 3 aliphatic rings. The quantitative estimate of drug-likeness (QED) is 0.281. The number of halogens is 2. The lowest BCUT2D eigenvalue weighted by atomic mass is 9.86. The molecule has 250 valence electrons. The molecule has 4 heterocycles. The third-order valence-electron chi connectivity index (χ3n) is 9.07. The first kappa shape index (κ1) is 31.8. The Morgan fingerprint density at radius 1 is 1.15 bits per heavy atom. The Labute approximate surface area is 276 Å². The summed E-state index contributed by atoms with van der Waals surface area (Å²) in [5.74, 6) is -0.954. The number of fused-ring (bicyclic) bond motifs is 6. The highest BCUT2D eigenvalue weighted by Crippen LogP contribution is 2.49. The van der Waals surface area contributed by atoms with Crippen LogP contribution in [0.2, 0.25) is 0 Å². The number of hydrogen-bond acceptors (Lipinski definition) is 7. The van der Waals surface area contributed by atoms with Crippen LogP contribution in [0.3, 0.4) is 0 Å². The second-order valence-corrected chi connectivity index (χ2v) is 14.8. The molecule has 1 amide bonds. The number of carbonyl (C=O) groups excluding carboxylic acids is 1. The van der Waals surface area contributed by atoms with Gasteiger partial charge in [0, 0.05) is 43.1 Å². The van der Waals surface area contributed by atoms with E-state index in [1.807, 2.05) is 0 Å². The van der Waals surface area contributed by atoms with E-state index in [4.69, 9.17) is 14.5 Å². The molecule has 1 aliphatic carbocycles. The molecule has 0 saturated heterocycles. The number of nitrogens with one attached hydrogen (secondary N) is 1. The minimum atomic E-state index is -3.78. The van der Waals surface area contributed by atoms with Crippen LogP contribution < -0.4 is 19.1 Å². The van der Waals surface area contributed by atoms with Crippen LogP contribution in [-0.2, 0) is 14.8 Å². The van der Waals surface area contributed by atoms with Gasteiger partial charge in [-0.15, -0.1) is 0 Å². The van der Waals surface area contributed by atoms with Gasteiger partial charge in [0.2, 0.25) is 22.2 Å². The maximum absolute atomic E-state index is 15.0. The molecule has 0 fully saturated rings. The number of amides is 1. The van der Waals surface area contributed by atoms with Gasteiger partial charge in [0.15, 0.2) is 0 Å². The second kappa shape index (κ2) is 11.2. The number of aliphatic hydroxyl groups is 1. The fourth-order valence-corrected chi connectivity index (χ4v) is 7.13. The van der Waals surface area contributed by atoms with E-state index in [9.17, 15) is 22.7 Å². The van der Waals surface area contributed by atoms with Gasteiger partial charge in [-0.1, -0.05) is 18.2 Å². The highest BCUT2D eigenvalue weighted by atomic mass is 32.2. The molecule has 2 aromatic carbocycles. The van der Waals surface area contributed by atoms with Crippen LogP contribution in [0.1, 0.15) is 38.0 Å². The third kappa shape index (κ3) is 5.12. The molecule has 13 heteroatoms. The van der Waals surface area contributed by atoms with E-state index in [0.29, 0.717) is 56.2 Å². The first-order valence-corrected chi connectivity index (χ1v) is 17.2. The third-order valence-corrected chi connectivity index (χ3v) is 10.3. The number of sulfonamides is 1. The lowest BCUT2D eigenvalue weighted by Crippen LogP contribution is -2.39. The van der Waals surface area contributed by atoms with E-state index in [1.165, 1.54) is 26.2 Å². The Kier molecular flexibility index (Phi) is 7.40. The molecule has 0 bridgehead atoms. The van der Waals surface area contributed by atoms with Gasteiger partial charge in [-0.3, -0.25) is 9.10 Å². The van der Waals surface area contributed by atoms with Gasteiger partial charge in [0.05, 0.1) is 28.8 Å². The lowest BCUT2D eigenvalue weighted by molar-refractivity contribution is -0.123. The zero-order valence-electron chi connectivity index (χ0n) is 26.9. The molecular weight excluding hydrogens is 642 g/mol. The second-order valence-electron chi connectivity index (χ2n) is 12.8. The number of benzene rings is 2. The maximum atomic E-state index is 15.0. The lowest BCUT2D eigenvalue weighted by Gasteiger charge is -2.36. The van der Waals surface area contributed by atoms with Crippen molar-refractivity contribution in [2.75, 3.05) is 24.7 Å². The maximum Gasteiger partial charge on any atom is 0.232 e. The summed E-state index contributed by atoms with van der Waals surface area (Å²) in [6, 6.07) is 12.9. The van der Waals surface area contributed by atoms with Crippen LogP contribution in [0.4, 0.5) is 14.5 Å². The minimum absolute atomic E-state index is 0.145. The summed E-state index contributed by atoms with van der Waals surface area (Å²) < 4.78 is 70.2. The molecule has 2 aliphatic heterocycles. The van der Waals surface area contributed by atoms with Crippen LogP contribution in [0.15, 0.2) is 72.3 Å². The predicted octanol–water partition coefficient (Wildman–Crippen LogP) is 5.38. The minimum Gasteiger partial charge on any atom is -0.484 e. The molecule has 7 rings (SSSR count). The van der Waals surface area contributed by atoms with Gasteiger partial charge in [-0.05, 0) is 61.9 Å². The Bertz CT molecular complexity index is 2170. The van der Waals surface area contributed by atoms with Crippen molar-refractivity contribution < 1.29 is 36.6 Å². The van der Waals surface area contributed by atoms with Crippen LogP contribution in [0.5, 0.6) is 11.5 Å². The van der Waals surface area contributed by atoms with E-state index in [0.717, 1.165) is 10.6 Å². The zero-order chi connectivity index (χ0) is 34.3. The fraction of sp³-hybridized carbons (Fsp3) is 0.314. The van der Waals surface area contributed by atoms with E-state index in [2.05, 4.69) is 5.32 Å². The van der Waals surface area contributed by atoms with Gasteiger partial charge >= 0.3 is 0 Å². The zero-order valence-corrected chi connectivity index (χ0v) is 27.7. The van der Waals surface area contributed by atoms with Crippen molar-refractivity contribution in [2.45, 2.75) is 50.3 Å². The smallest absolute Gasteiger partial charge is 0.232 e. The van der Waals surface area contributed by atoms with Gasteiger partial charge in [-0.2, -0.15) is 0 Å². The summed E-state index contributed by atoms with van der Waals surface area (Å²) in [5.41, 5.74) is 2.12. The van der Waals surface area contributed by atoms with E-state index >= 15 is 4.39 Å². The molecule has 48 heavy (non-hydrogen) atoms. The molecule has 0 saturated carbocycles. The monoisotopic (exact) mass is 676 g/mol. The number of likely N-dealkylation sites (N-methyl/N-ethyl adjacent to an activating group) is 1. The number of pyridine rings is 1. The number of aromatic nitrogens is 2. The number of anilines is 1. The number of ether oxygens (including phenoxy) is 2. The van der Waals surface area contributed by atoms with Gasteiger partial charge in [-0.25, -0.2) is 22.2 Å². The summed E-state index contributed by atoms with van der Waals surface area (Å²) in [6.07, 6.45) is 3.14. The standard InChI is InChI=1S/C35H34F2N4O6S/c1-35(2,43)34-41-25-8-6-7-23(37)20(25)16-27(41)31-28(47-34)14-13-24(39-31)21-15-22-29(17-26(21)40(4)48(5,44)45)46-32(30(22)33(42)38-3)18-9-11-19(36)12-10-18/h6-11,13-17,19,30,32,34,43H,12H2,1-5H3,(H,38,42). The van der Waals surface area contributed by atoms with Gasteiger partial charge in [0.25, 0.3) is 0 Å². The molecule has 2 N–H and O–H groups in total. The predicted molar refractivity (Wildman–Crippen MR) is 178 cm³/mol. The summed E-state index contributed by atoms with van der Waals surface area (Å²) in [7, 11) is -0.858. The summed E-state index contributed by atoms with van der Waals surface area (Å²) in [4.78, 5) is 18.3. The Balaban J connectivity index is 1.43. The molecule has 4 unspecified atom stereocenters. The molecule has 4 atom stereocenters. The Hall–Kier alpha value is -4.75. The van der Waals surface area contributed by atoms with Crippen molar-refractivity contribution >= 4 is 32.5 Å². The van der Waals surface area contributed by atoms with Crippen LogP contribution in [0.25, 0.3) is 33.5 Å². The summed E-state index contributed by atoms with van der Waals surface area (Å²) in [5, 5.41) is 14.1. The van der Waals surface area contributed by atoms with Crippen molar-refractivity contribution in [3.63, 3.8) is 0 Å². The van der Waals surface area contributed by atoms with Crippen LogP contribution in [0, 0.1) is 5.82 Å². The van der Waals surface area contributed by atoms with Crippen LogP contribution >= 0.6 is 0 Å². The van der Waals surface area contributed by atoms with Gasteiger partial charge < -0.3 is 24.5 Å². The number of nitrogens with zero attached hydrogens (tertiary/aromatic N) is 3. The van der Waals surface area contributed by atoms with E-state index in [-0.39, 0.29) is 18.0 Å². The van der Waals surface area contributed by atoms with Crippen LogP contribution in [-0.4, -0.2) is 67.2 Å². The van der Waals surface area contributed by atoms with Crippen molar-refractivity contribution in [1.29, 1.82) is 0 Å². The first-order valence-electron chi connectivity index (χ1n) is 15.4. The Morgan fingerprint density at radius 3 is 2.58 bits per heavy atom. The molecule has 2 aromatic heterocycles. The number of allylic oxidation sites excluding steroid dienone is 2. The number of hydrogen-bond donors (Lipinski definition) is 2. The average molecular weight is 677 g/mol. The summed E-state index contributed by atoms with van der Waals surface area (Å²) in [6.45, 7) is 3.20. The van der Waals surface area contributed by atoms with Crippen molar-refractivity contribution in [2.24, 2.45) is 0 Å². The van der Waals surface area contributed by atoms with E-state index < -0.39 is 45.9 Å². The van der Waals surface area contributed by atoms with E-state index in [1.54, 1.807) is 73.0 Å².